The zero-order valence-corrected chi connectivity index (χ0v) is 24.3. The Hall–Kier alpha value is -4.40. The Kier molecular flexibility index (Phi) is 8.99. The number of carbonyl (C=O) groups excluding carboxylic acids is 1. The van der Waals surface area contributed by atoms with Crippen molar-refractivity contribution >= 4 is 22.6 Å². The van der Waals surface area contributed by atoms with Gasteiger partial charge in [0.1, 0.15) is 11.0 Å². The van der Waals surface area contributed by atoms with Gasteiger partial charge in [-0.1, -0.05) is 31.8 Å². The molecule has 0 atom stereocenters. The molecule has 0 bridgehead atoms. The monoisotopic (exact) mass is 587 g/mol. The maximum Gasteiger partial charge on any atom is 0.416 e. The summed E-state index contributed by atoms with van der Waals surface area (Å²) in [6.07, 6.45) is 3.07. The van der Waals surface area contributed by atoms with Gasteiger partial charge < -0.3 is 10.2 Å². The minimum absolute atomic E-state index is 0.0505. The van der Waals surface area contributed by atoms with Crippen LogP contribution < -0.4 is 5.32 Å². The highest BCUT2D eigenvalue weighted by molar-refractivity contribution is 6.04. The Balaban J connectivity index is 1.35. The summed E-state index contributed by atoms with van der Waals surface area (Å²) in [5.41, 5.74) is 3.82. The molecule has 0 radical (unpaired) electrons. The smallest absolute Gasteiger partial charge is 0.322 e. The Morgan fingerprint density at radius 2 is 1.65 bits per heavy atom. The number of amides is 1. The van der Waals surface area contributed by atoms with Crippen molar-refractivity contribution in [3.05, 3.63) is 88.3 Å². The van der Waals surface area contributed by atoms with E-state index in [4.69, 9.17) is 4.98 Å². The molecule has 222 valence electrons. The van der Waals surface area contributed by atoms with Crippen LogP contribution in [-0.2, 0) is 25.6 Å². The zero-order valence-electron chi connectivity index (χ0n) is 24.3. The summed E-state index contributed by atoms with van der Waals surface area (Å²) in [6.45, 7) is 7.25. The van der Waals surface area contributed by atoms with Gasteiger partial charge in [-0.3, -0.25) is 19.7 Å². The molecule has 1 fully saturated rings. The van der Waals surface area contributed by atoms with E-state index < -0.39 is 17.6 Å². The third-order valence-electron chi connectivity index (χ3n) is 7.41. The van der Waals surface area contributed by atoms with E-state index in [1.165, 1.54) is 24.5 Å². The largest absolute Gasteiger partial charge is 0.416 e. The van der Waals surface area contributed by atoms with Gasteiger partial charge in [0.15, 0.2) is 0 Å². The van der Waals surface area contributed by atoms with Crippen LogP contribution in [0.3, 0.4) is 0 Å². The Labute approximate surface area is 248 Å². The van der Waals surface area contributed by atoms with Gasteiger partial charge in [-0.05, 0) is 43.7 Å². The number of nitrogens with one attached hydrogen (secondary N) is 1. The first-order chi connectivity index (χ1) is 20.6. The van der Waals surface area contributed by atoms with Gasteiger partial charge in [0.2, 0.25) is 0 Å². The molecule has 3 aromatic heterocycles. The first-order valence-electron chi connectivity index (χ1n) is 14.2. The normalized spacial score (nSPS) is 14.4. The minimum Gasteiger partial charge on any atom is -0.322 e. The lowest BCUT2D eigenvalue weighted by Crippen LogP contribution is -2.44. The van der Waals surface area contributed by atoms with Gasteiger partial charge in [-0.15, -0.1) is 0 Å². The summed E-state index contributed by atoms with van der Waals surface area (Å²) >= 11 is 0. The number of hydrogen-bond acceptors (Lipinski definition) is 7. The molecule has 8 nitrogen and oxygen atoms in total. The second-order valence-electron chi connectivity index (χ2n) is 10.5. The van der Waals surface area contributed by atoms with Crippen molar-refractivity contribution in [3.8, 4) is 11.8 Å². The van der Waals surface area contributed by atoms with Crippen LogP contribution in [0.2, 0.25) is 0 Å². The number of halogens is 3. The van der Waals surface area contributed by atoms with Gasteiger partial charge in [0, 0.05) is 62.6 Å². The van der Waals surface area contributed by atoms with E-state index in [0.717, 1.165) is 43.4 Å². The highest BCUT2D eigenvalue weighted by Gasteiger charge is 2.34. The molecule has 1 N–H and O–H groups in total. The molecular weight excluding hydrogens is 555 g/mol. The van der Waals surface area contributed by atoms with Gasteiger partial charge in [-0.25, -0.2) is 9.97 Å². The fourth-order valence-electron chi connectivity index (χ4n) is 4.99. The maximum absolute atomic E-state index is 14.0. The van der Waals surface area contributed by atoms with Crippen LogP contribution in [0.5, 0.6) is 0 Å². The number of anilines is 1. The van der Waals surface area contributed by atoms with Crippen molar-refractivity contribution in [1.82, 2.24) is 29.7 Å². The van der Waals surface area contributed by atoms with Crippen LogP contribution in [0, 0.1) is 11.8 Å². The Morgan fingerprint density at radius 1 is 0.930 bits per heavy atom. The van der Waals surface area contributed by atoms with Crippen molar-refractivity contribution < 1.29 is 18.0 Å². The lowest BCUT2D eigenvalue weighted by atomic mass is 10.0. The summed E-state index contributed by atoms with van der Waals surface area (Å²) < 4.78 is 41.9. The highest BCUT2D eigenvalue weighted by Crippen LogP contribution is 2.34. The zero-order chi connectivity index (χ0) is 30.6. The Bertz CT molecular complexity index is 1700. The van der Waals surface area contributed by atoms with Crippen LogP contribution in [-0.4, -0.2) is 68.9 Å². The van der Waals surface area contributed by atoms with Crippen LogP contribution in [0.15, 0.2) is 49.1 Å². The molecule has 1 saturated heterocycles. The number of fused-ring (bicyclic) bond motifs is 1. The first-order valence-corrected chi connectivity index (χ1v) is 14.2. The molecule has 1 aliphatic rings. The Morgan fingerprint density at radius 3 is 2.37 bits per heavy atom. The highest BCUT2D eigenvalue weighted by atomic mass is 19.4. The van der Waals surface area contributed by atoms with Crippen molar-refractivity contribution in [3.63, 3.8) is 0 Å². The van der Waals surface area contributed by atoms with E-state index in [1.807, 2.05) is 25.8 Å². The number of alkyl halides is 3. The quantitative estimate of drug-likeness (QED) is 0.319. The first kappa shape index (κ1) is 30.1. The topological polar surface area (TPSA) is 87.1 Å². The fraction of sp³-hybridized carbons (Fsp3) is 0.344. The third-order valence-corrected chi connectivity index (χ3v) is 7.41. The molecule has 5 rings (SSSR count). The molecule has 43 heavy (non-hydrogen) atoms. The number of carbonyl (C=O) groups is 1. The average molecular weight is 588 g/mol. The molecule has 11 heteroatoms. The van der Waals surface area contributed by atoms with Crippen molar-refractivity contribution in [2.75, 3.05) is 38.5 Å². The van der Waals surface area contributed by atoms with E-state index in [0.29, 0.717) is 35.2 Å². The summed E-state index contributed by atoms with van der Waals surface area (Å²) in [7, 11) is 1.99. The summed E-state index contributed by atoms with van der Waals surface area (Å²) in [5.74, 6) is 5.47. The summed E-state index contributed by atoms with van der Waals surface area (Å²) in [5, 5.41) is 2.58. The van der Waals surface area contributed by atoms with Crippen molar-refractivity contribution in [1.29, 1.82) is 0 Å². The van der Waals surface area contributed by atoms with E-state index in [-0.39, 0.29) is 23.4 Å². The molecule has 0 saturated carbocycles. The maximum atomic E-state index is 14.0. The lowest BCUT2D eigenvalue weighted by Gasteiger charge is -2.33. The standard InChI is InChI=1S/C32H32F3N7O/c1-4-27-28(5-2)40-30-22(17-37-19-29(30)39-27)7-6-21-14-24(18-36-16-21)31(43)38-25-9-8-23(26(15-25)32(33,34)35)20-42-12-10-41(3)11-13-42/h8-9,14-19H,4-5,10-13,20H2,1-3H3,(H,38,43). The molecular formula is C32H32F3N7O. The van der Waals surface area contributed by atoms with Crippen molar-refractivity contribution in [2.24, 2.45) is 0 Å². The van der Waals surface area contributed by atoms with E-state index in [2.05, 4.69) is 37.0 Å². The summed E-state index contributed by atoms with van der Waals surface area (Å²) in [4.78, 5) is 35.0. The van der Waals surface area contributed by atoms with Gasteiger partial charge in [-0.2, -0.15) is 13.2 Å². The number of benzene rings is 1. The van der Waals surface area contributed by atoms with Gasteiger partial charge in [0.05, 0.1) is 34.3 Å². The number of aryl methyl sites for hydroxylation is 2. The van der Waals surface area contributed by atoms with Crippen LogP contribution in [0.25, 0.3) is 11.0 Å². The van der Waals surface area contributed by atoms with Crippen molar-refractivity contribution in [2.45, 2.75) is 39.4 Å². The van der Waals surface area contributed by atoms with E-state index in [9.17, 15) is 18.0 Å². The molecule has 1 aromatic carbocycles. The third kappa shape index (κ3) is 7.16. The number of rotatable bonds is 6. The average Bonchev–Trinajstić information content (AvgIpc) is 3.00. The number of aromatic nitrogens is 4. The molecule has 0 aliphatic carbocycles. The second kappa shape index (κ2) is 12.9. The fourth-order valence-corrected chi connectivity index (χ4v) is 4.99. The van der Waals surface area contributed by atoms with Gasteiger partial charge >= 0.3 is 6.18 Å². The number of hydrogen-bond donors (Lipinski definition) is 1. The molecule has 4 heterocycles. The predicted octanol–water partition coefficient (Wildman–Crippen LogP) is 4.96. The second-order valence-corrected chi connectivity index (χ2v) is 10.5. The minimum atomic E-state index is -4.56. The van der Waals surface area contributed by atoms with E-state index >= 15 is 0 Å². The number of piperazine rings is 1. The molecule has 1 aliphatic heterocycles. The van der Waals surface area contributed by atoms with Crippen LogP contribution >= 0.6 is 0 Å². The van der Waals surface area contributed by atoms with Crippen LogP contribution in [0.1, 0.15) is 57.8 Å². The SMILES string of the molecule is CCc1nc2cncc(C#Cc3cncc(C(=O)Nc4ccc(CN5CCN(C)CC5)c(C(F)(F)F)c4)c3)c2nc1CC. The van der Waals surface area contributed by atoms with Crippen LogP contribution in [0.4, 0.5) is 18.9 Å². The number of likely N-dealkylation sites (N-methyl/N-ethyl adjacent to an activating group) is 1. The molecule has 1 amide bonds. The predicted molar refractivity (Wildman–Crippen MR) is 158 cm³/mol. The summed E-state index contributed by atoms with van der Waals surface area (Å²) in [6, 6.07) is 5.46. The molecule has 0 spiro atoms. The molecule has 0 unspecified atom stereocenters. The molecule has 4 aromatic rings. The number of pyridine rings is 2. The lowest BCUT2D eigenvalue weighted by molar-refractivity contribution is -0.138. The number of nitrogens with zero attached hydrogens (tertiary/aromatic N) is 6. The van der Waals surface area contributed by atoms with E-state index in [1.54, 1.807) is 18.5 Å². The van der Waals surface area contributed by atoms with Gasteiger partial charge in [0.25, 0.3) is 5.91 Å².